The molecule has 10 heteroatoms. The Morgan fingerprint density at radius 1 is 1.07 bits per heavy atom. The molecule has 158 valence electrons. The van der Waals surface area contributed by atoms with Crippen LogP contribution >= 0.6 is 0 Å². The van der Waals surface area contributed by atoms with Gasteiger partial charge >= 0.3 is 0 Å². The van der Waals surface area contributed by atoms with Crippen LogP contribution in [0.15, 0.2) is 36.5 Å². The summed E-state index contributed by atoms with van der Waals surface area (Å²) < 4.78 is 28.6. The molecule has 2 aliphatic heterocycles. The van der Waals surface area contributed by atoms with Crippen molar-refractivity contribution in [2.24, 2.45) is 0 Å². The number of hydrogen-bond donors (Lipinski definition) is 1. The Bertz CT molecular complexity index is 896. The van der Waals surface area contributed by atoms with Gasteiger partial charge in [-0.1, -0.05) is 35.5 Å². The van der Waals surface area contributed by atoms with E-state index in [1.165, 1.54) is 4.31 Å². The summed E-state index contributed by atoms with van der Waals surface area (Å²) in [5, 5.41) is 17.4. The van der Waals surface area contributed by atoms with Gasteiger partial charge in [0.25, 0.3) is 0 Å². The second-order valence-corrected chi connectivity index (χ2v) is 9.73. The molecule has 1 N–H and O–H groups in total. The summed E-state index contributed by atoms with van der Waals surface area (Å²) in [6.07, 6.45) is 1.82. The van der Waals surface area contributed by atoms with Crippen LogP contribution in [0, 0.1) is 0 Å². The largest absolute Gasteiger partial charge is 0.395 e. The highest BCUT2D eigenvalue weighted by Gasteiger charge is 2.40. The van der Waals surface area contributed by atoms with Gasteiger partial charge in [-0.3, -0.25) is 9.80 Å². The van der Waals surface area contributed by atoms with Gasteiger partial charge in [0, 0.05) is 45.3 Å². The average molecular weight is 421 g/mol. The first-order valence-electron chi connectivity index (χ1n) is 10.0. The zero-order chi connectivity index (χ0) is 20.3. The lowest BCUT2D eigenvalue weighted by Gasteiger charge is -2.37. The Labute approximate surface area is 171 Å². The third kappa shape index (κ3) is 5.01. The Hall–Kier alpha value is -1.85. The van der Waals surface area contributed by atoms with Gasteiger partial charge in [-0.25, -0.2) is 13.1 Å². The zero-order valence-electron chi connectivity index (χ0n) is 16.5. The number of sulfonamides is 1. The molecule has 2 saturated heterocycles. The molecule has 2 fully saturated rings. The van der Waals surface area contributed by atoms with Crippen molar-refractivity contribution in [3.05, 3.63) is 47.8 Å². The lowest BCUT2D eigenvalue weighted by molar-refractivity contribution is 0.0880. The third-order valence-corrected chi connectivity index (χ3v) is 7.53. The predicted molar refractivity (Wildman–Crippen MR) is 109 cm³/mol. The smallest absolute Gasteiger partial charge is 0.216 e. The van der Waals surface area contributed by atoms with Crippen LogP contribution in [-0.4, -0.2) is 100 Å². The van der Waals surface area contributed by atoms with Crippen LogP contribution in [0.2, 0.25) is 0 Å². The molecule has 2 aliphatic rings. The summed E-state index contributed by atoms with van der Waals surface area (Å²) >= 11 is 0. The highest BCUT2D eigenvalue weighted by molar-refractivity contribution is 7.89. The van der Waals surface area contributed by atoms with Crippen LogP contribution in [0.4, 0.5) is 0 Å². The van der Waals surface area contributed by atoms with Crippen LogP contribution in [0.3, 0.4) is 0 Å². The number of nitrogens with zero attached hydrogens (tertiary/aromatic N) is 6. The standard InChI is InChI=1S/C19H28N6O3S/c26-11-10-22-6-8-23(9-7-22)19-15-25(29(27,28)16-19)14-18-13-24(21-20-18)12-17-4-2-1-3-5-17/h1-5,13,19,26H,6-12,14-16H2. The highest BCUT2D eigenvalue weighted by Crippen LogP contribution is 2.22. The van der Waals surface area contributed by atoms with Crippen LogP contribution in [0.5, 0.6) is 0 Å². The van der Waals surface area contributed by atoms with Gasteiger partial charge in [0.1, 0.15) is 0 Å². The van der Waals surface area contributed by atoms with Crippen LogP contribution in [0.25, 0.3) is 0 Å². The first-order chi connectivity index (χ1) is 14.0. The van der Waals surface area contributed by atoms with E-state index in [2.05, 4.69) is 20.1 Å². The number of aromatic nitrogens is 3. The Balaban J connectivity index is 1.35. The van der Waals surface area contributed by atoms with Crippen LogP contribution in [-0.2, 0) is 23.1 Å². The fourth-order valence-electron chi connectivity index (χ4n) is 4.07. The van der Waals surface area contributed by atoms with Gasteiger partial charge in [0.05, 0.1) is 37.3 Å². The van der Waals surface area contributed by atoms with Crippen molar-refractivity contribution < 1.29 is 13.5 Å². The number of benzene rings is 1. The van der Waals surface area contributed by atoms with Crippen molar-refractivity contribution in [3.8, 4) is 0 Å². The summed E-state index contributed by atoms with van der Waals surface area (Å²) in [6, 6.07) is 9.99. The van der Waals surface area contributed by atoms with Gasteiger partial charge in [-0.05, 0) is 5.56 Å². The minimum absolute atomic E-state index is 0.00985. The summed E-state index contributed by atoms with van der Waals surface area (Å²) in [5.74, 6) is 0.158. The monoisotopic (exact) mass is 420 g/mol. The second kappa shape index (κ2) is 8.88. The quantitative estimate of drug-likeness (QED) is 0.642. The van der Waals surface area contributed by atoms with Gasteiger partial charge in [-0.15, -0.1) is 5.10 Å². The molecule has 1 aromatic heterocycles. The normalized spacial score (nSPS) is 23.6. The van der Waals surface area contributed by atoms with Crippen molar-refractivity contribution in [2.75, 3.05) is 51.6 Å². The Kier molecular flexibility index (Phi) is 6.26. The summed E-state index contributed by atoms with van der Waals surface area (Å²) in [6.45, 7) is 5.61. The van der Waals surface area contributed by atoms with E-state index in [1.807, 2.05) is 36.5 Å². The first kappa shape index (κ1) is 20.4. The number of hydrogen-bond acceptors (Lipinski definition) is 7. The number of aliphatic hydroxyl groups is 1. The molecule has 0 saturated carbocycles. The van der Waals surface area contributed by atoms with E-state index in [-0.39, 0.29) is 24.9 Å². The fourth-order valence-corrected chi connectivity index (χ4v) is 5.81. The SMILES string of the molecule is O=S1(=O)CC(N2CCN(CCO)CC2)CN1Cc1cn(Cc2ccccc2)nn1. The minimum Gasteiger partial charge on any atom is -0.395 e. The Morgan fingerprint density at radius 2 is 1.83 bits per heavy atom. The predicted octanol–water partition coefficient (Wildman–Crippen LogP) is -0.550. The molecule has 1 unspecified atom stereocenters. The van der Waals surface area contributed by atoms with E-state index in [4.69, 9.17) is 5.11 Å². The first-order valence-corrected chi connectivity index (χ1v) is 11.6. The maximum absolute atomic E-state index is 12.7. The van der Waals surface area contributed by atoms with E-state index in [9.17, 15) is 8.42 Å². The van der Waals surface area contributed by atoms with Crippen molar-refractivity contribution in [1.29, 1.82) is 0 Å². The second-order valence-electron chi connectivity index (χ2n) is 7.72. The molecule has 3 heterocycles. The van der Waals surface area contributed by atoms with Crippen molar-refractivity contribution in [3.63, 3.8) is 0 Å². The third-order valence-electron chi connectivity index (χ3n) is 5.66. The maximum Gasteiger partial charge on any atom is 0.216 e. The molecule has 0 spiro atoms. The lowest BCUT2D eigenvalue weighted by atomic mass is 10.2. The van der Waals surface area contributed by atoms with Gasteiger partial charge in [0.2, 0.25) is 10.0 Å². The van der Waals surface area contributed by atoms with Gasteiger partial charge in [0.15, 0.2) is 0 Å². The zero-order valence-corrected chi connectivity index (χ0v) is 17.3. The van der Waals surface area contributed by atoms with E-state index in [1.54, 1.807) is 4.68 Å². The molecular formula is C19H28N6O3S. The van der Waals surface area contributed by atoms with Crippen LogP contribution in [0.1, 0.15) is 11.3 Å². The fraction of sp³-hybridized carbons (Fsp3) is 0.579. The minimum atomic E-state index is -3.30. The van der Waals surface area contributed by atoms with E-state index in [0.29, 0.717) is 25.3 Å². The molecule has 0 amide bonds. The number of aliphatic hydroxyl groups excluding tert-OH is 1. The van der Waals surface area contributed by atoms with E-state index < -0.39 is 10.0 Å². The van der Waals surface area contributed by atoms with Gasteiger partial charge in [-0.2, -0.15) is 4.31 Å². The summed E-state index contributed by atoms with van der Waals surface area (Å²) in [7, 11) is -3.30. The van der Waals surface area contributed by atoms with E-state index >= 15 is 0 Å². The molecule has 29 heavy (non-hydrogen) atoms. The summed E-state index contributed by atoms with van der Waals surface area (Å²) in [5.41, 5.74) is 1.79. The molecule has 0 radical (unpaired) electrons. The van der Waals surface area contributed by atoms with Crippen molar-refractivity contribution in [2.45, 2.75) is 19.1 Å². The number of rotatable bonds is 7. The topological polar surface area (TPSA) is 94.8 Å². The summed E-state index contributed by atoms with van der Waals surface area (Å²) in [4.78, 5) is 4.47. The maximum atomic E-state index is 12.7. The van der Waals surface area contributed by atoms with Gasteiger partial charge < -0.3 is 5.11 Å². The average Bonchev–Trinajstić information content (AvgIpc) is 3.27. The van der Waals surface area contributed by atoms with Crippen molar-refractivity contribution >= 4 is 10.0 Å². The van der Waals surface area contributed by atoms with E-state index in [0.717, 1.165) is 31.7 Å². The molecule has 9 nitrogen and oxygen atoms in total. The van der Waals surface area contributed by atoms with Crippen LogP contribution < -0.4 is 0 Å². The number of β-amino-alcohol motifs (C(OH)–C–C–N with tert-alkyl or cyclic N) is 1. The highest BCUT2D eigenvalue weighted by atomic mass is 32.2. The molecule has 0 bridgehead atoms. The molecule has 1 aromatic carbocycles. The molecule has 0 aliphatic carbocycles. The van der Waals surface area contributed by atoms with Crippen molar-refractivity contribution in [1.82, 2.24) is 29.1 Å². The molecule has 2 aromatic rings. The number of piperazine rings is 1. The molecule has 1 atom stereocenters. The lowest BCUT2D eigenvalue weighted by Crippen LogP contribution is -2.52. The molecule has 4 rings (SSSR count). The Morgan fingerprint density at radius 3 is 2.55 bits per heavy atom. The molecular weight excluding hydrogens is 392 g/mol.